The monoisotopic (exact) mass is 262 g/mol. The third-order valence-electron chi connectivity index (χ3n) is 3.25. The molecule has 1 aliphatic heterocycles. The van der Waals surface area contributed by atoms with Gasteiger partial charge in [-0.25, -0.2) is 0 Å². The molecule has 5 nitrogen and oxygen atoms in total. The molecule has 0 unspecified atom stereocenters. The van der Waals surface area contributed by atoms with Gasteiger partial charge in [0.1, 0.15) is 0 Å². The second-order valence-corrected chi connectivity index (χ2v) is 5.14. The average molecular weight is 262 g/mol. The standard InChI is InChI=1S/C14H22N4O/c1-17(2)8-9-18(3)14(19)11-4-5-12-13(10-11)16-7-6-15-12/h4-5,10,15-16H,6-9H2,1-3H3. The maximum atomic E-state index is 12.3. The summed E-state index contributed by atoms with van der Waals surface area (Å²) in [6, 6.07) is 5.78. The van der Waals surface area contributed by atoms with Crippen molar-refractivity contribution < 1.29 is 4.79 Å². The molecular weight excluding hydrogens is 240 g/mol. The lowest BCUT2D eigenvalue weighted by atomic mass is 10.1. The first-order chi connectivity index (χ1) is 9.08. The summed E-state index contributed by atoms with van der Waals surface area (Å²) >= 11 is 0. The number of benzene rings is 1. The van der Waals surface area contributed by atoms with E-state index >= 15 is 0 Å². The van der Waals surface area contributed by atoms with Crippen LogP contribution in [0.15, 0.2) is 18.2 Å². The van der Waals surface area contributed by atoms with E-state index in [9.17, 15) is 4.79 Å². The maximum Gasteiger partial charge on any atom is 0.253 e. The van der Waals surface area contributed by atoms with Gasteiger partial charge in [-0.3, -0.25) is 4.79 Å². The molecule has 1 aromatic carbocycles. The molecule has 104 valence electrons. The van der Waals surface area contributed by atoms with Gasteiger partial charge in [0.05, 0.1) is 11.4 Å². The summed E-state index contributed by atoms with van der Waals surface area (Å²) in [5, 5.41) is 6.61. The Bertz CT molecular complexity index is 459. The molecule has 0 radical (unpaired) electrons. The summed E-state index contributed by atoms with van der Waals surface area (Å²) in [4.78, 5) is 16.1. The van der Waals surface area contributed by atoms with Gasteiger partial charge >= 0.3 is 0 Å². The van der Waals surface area contributed by atoms with Gasteiger partial charge < -0.3 is 20.4 Å². The molecule has 0 fully saturated rings. The van der Waals surface area contributed by atoms with Crippen LogP contribution in [-0.4, -0.2) is 63.0 Å². The number of hydrogen-bond donors (Lipinski definition) is 2. The fourth-order valence-electron chi connectivity index (χ4n) is 2.04. The number of carbonyl (C=O) groups is 1. The number of rotatable bonds is 4. The summed E-state index contributed by atoms with van der Waals surface area (Å²) < 4.78 is 0. The van der Waals surface area contributed by atoms with Crippen LogP contribution in [0.4, 0.5) is 11.4 Å². The van der Waals surface area contributed by atoms with Crippen LogP contribution in [-0.2, 0) is 0 Å². The first kappa shape index (κ1) is 13.7. The molecule has 1 aromatic rings. The Balaban J connectivity index is 2.06. The Labute approximate surface area is 114 Å². The number of nitrogens with one attached hydrogen (secondary N) is 2. The SMILES string of the molecule is CN(C)CCN(C)C(=O)c1ccc2c(c1)NCCN2. The highest BCUT2D eigenvalue weighted by molar-refractivity contribution is 5.96. The van der Waals surface area contributed by atoms with Crippen LogP contribution in [0, 0.1) is 0 Å². The van der Waals surface area contributed by atoms with Crippen molar-refractivity contribution in [3.8, 4) is 0 Å². The minimum Gasteiger partial charge on any atom is -0.382 e. The molecule has 0 spiro atoms. The molecule has 19 heavy (non-hydrogen) atoms. The van der Waals surface area contributed by atoms with Gasteiger partial charge in [-0.1, -0.05) is 0 Å². The third-order valence-corrected chi connectivity index (χ3v) is 3.25. The molecule has 0 aromatic heterocycles. The Kier molecular flexibility index (Phi) is 4.27. The van der Waals surface area contributed by atoms with Crippen LogP contribution in [0.25, 0.3) is 0 Å². The van der Waals surface area contributed by atoms with E-state index in [1.165, 1.54) is 0 Å². The minimum atomic E-state index is 0.0667. The van der Waals surface area contributed by atoms with Crippen molar-refractivity contribution in [2.24, 2.45) is 0 Å². The predicted molar refractivity (Wildman–Crippen MR) is 78.9 cm³/mol. The zero-order valence-electron chi connectivity index (χ0n) is 11.9. The third kappa shape index (κ3) is 3.38. The highest BCUT2D eigenvalue weighted by Gasteiger charge is 2.15. The lowest BCUT2D eigenvalue weighted by molar-refractivity contribution is 0.0786. The van der Waals surface area contributed by atoms with E-state index in [4.69, 9.17) is 0 Å². The Morgan fingerprint density at radius 2 is 1.79 bits per heavy atom. The highest BCUT2D eigenvalue weighted by atomic mass is 16.2. The Hall–Kier alpha value is -1.75. The zero-order valence-corrected chi connectivity index (χ0v) is 11.9. The van der Waals surface area contributed by atoms with Crippen LogP contribution in [0.2, 0.25) is 0 Å². The molecule has 0 atom stereocenters. The van der Waals surface area contributed by atoms with Crippen LogP contribution < -0.4 is 10.6 Å². The van der Waals surface area contributed by atoms with Crippen LogP contribution in [0.3, 0.4) is 0 Å². The van der Waals surface area contributed by atoms with E-state index in [2.05, 4.69) is 15.5 Å². The van der Waals surface area contributed by atoms with E-state index < -0.39 is 0 Å². The normalized spacial score (nSPS) is 13.5. The first-order valence-electron chi connectivity index (χ1n) is 6.60. The fraction of sp³-hybridized carbons (Fsp3) is 0.500. The number of carbonyl (C=O) groups excluding carboxylic acids is 1. The van der Waals surface area contributed by atoms with Crippen LogP contribution in [0.5, 0.6) is 0 Å². The maximum absolute atomic E-state index is 12.3. The first-order valence-corrected chi connectivity index (χ1v) is 6.60. The van der Waals surface area contributed by atoms with Gasteiger partial charge in [-0.2, -0.15) is 0 Å². The molecule has 0 aliphatic carbocycles. The molecule has 2 rings (SSSR count). The van der Waals surface area contributed by atoms with Crippen molar-refractivity contribution in [1.29, 1.82) is 0 Å². The van der Waals surface area contributed by atoms with Gasteiger partial charge in [-0.15, -0.1) is 0 Å². The van der Waals surface area contributed by atoms with Gasteiger partial charge in [0.25, 0.3) is 5.91 Å². The lowest BCUT2D eigenvalue weighted by Gasteiger charge is -2.23. The Morgan fingerprint density at radius 1 is 1.11 bits per heavy atom. The topological polar surface area (TPSA) is 47.6 Å². The quantitative estimate of drug-likeness (QED) is 0.855. The fourth-order valence-corrected chi connectivity index (χ4v) is 2.04. The van der Waals surface area contributed by atoms with E-state index in [-0.39, 0.29) is 5.91 Å². The molecule has 1 heterocycles. The van der Waals surface area contributed by atoms with Crippen molar-refractivity contribution in [2.75, 3.05) is 58.0 Å². The predicted octanol–water partition coefficient (Wildman–Crippen LogP) is 1.16. The van der Waals surface area contributed by atoms with Gasteiger partial charge in [-0.05, 0) is 32.3 Å². The van der Waals surface area contributed by atoms with Crippen molar-refractivity contribution in [3.05, 3.63) is 23.8 Å². The summed E-state index contributed by atoms with van der Waals surface area (Å²) in [5.41, 5.74) is 2.81. The largest absolute Gasteiger partial charge is 0.382 e. The molecule has 1 amide bonds. The molecule has 2 N–H and O–H groups in total. The molecule has 0 saturated carbocycles. The van der Waals surface area contributed by atoms with Crippen LogP contribution in [0.1, 0.15) is 10.4 Å². The molecule has 0 bridgehead atoms. The minimum absolute atomic E-state index is 0.0667. The molecule has 5 heteroatoms. The zero-order chi connectivity index (χ0) is 13.8. The molecule has 1 aliphatic rings. The van der Waals surface area contributed by atoms with Crippen molar-refractivity contribution in [1.82, 2.24) is 9.80 Å². The summed E-state index contributed by atoms with van der Waals surface area (Å²) in [6.07, 6.45) is 0. The van der Waals surface area contributed by atoms with Gasteiger partial charge in [0.2, 0.25) is 0 Å². The number of nitrogens with zero attached hydrogens (tertiary/aromatic N) is 2. The van der Waals surface area contributed by atoms with Crippen LogP contribution >= 0.6 is 0 Å². The summed E-state index contributed by atoms with van der Waals surface area (Å²) in [5.74, 6) is 0.0667. The number of fused-ring (bicyclic) bond motifs is 1. The molecular formula is C14H22N4O. The second-order valence-electron chi connectivity index (χ2n) is 5.14. The van der Waals surface area contributed by atoms with E-state index in [1.54, 1.807) is 4.90 Å². The molecule has 0 saturated heterocycles. The van der Waals surface area contributed by atoms with E-state index in [0.717, 1.165) is 43.1 Å². The number of amides is 1. The van der Waals surface area contributed by atoms with E-state index in [0.29, 0.717) is 0 Å². The highest BCUT2D eigenvalue weighted by Crippen LogP contribution is 2.25. The van der Waals surface area contributed by atoms with Gasteiger partial charge in [0.15, 0.2) is 0 Å². The second kappa shape index (κ2) is 5.93. The van der Waals surface area contributed by atoms with Crippen molar-refractivity contribution >= 4 is 17.3 Å². The number of likely N-dealkylation sites (N-methyl/N-ethyl adjacent to an activating group) is 2. The van der Waals surface area contributed by atoms with Gasteiger partial charge in [0, 0.05) is 38.8 Å². The summed E-state index contributed by atoms with van der Waals surface area (Å²) in [7, 11) is 5.86. The van der Waals surface area contributed by atoms with Crippen molar-refractivity contribution in [2.45, 2.75) is 0 Å². The van der Waals surface area contributed by atoms with E-state index in [1.807, 2.05) is 39.3 Å². The lowest BCUT2D eigenvalue weighted by Crippen LogP contribution is -2.33. The number of anilines is 2. The average Bonchev–Trinajstić information content (AvgIpc) is 2.43. The summed E-state index contributed by atoms with van der Waals surface area (Å²) in [6.45, 7) is 3.41. The van der Waals surface area contributed by atoms with Crippen molar-refractivity contribution in [3.63, 3.8) is 0 Å². The number of hydrogen-bond acceptors (Lipinski definition) is 4. The Morgan fingerprint density at radius 3 is 2.47 bits per heavy atom. The smallest absolute Gasteiger partial charge is 0.253 e.